The average Bonchev–Trinajstić information content (AvgIpc) is 2.31. The molecule has 1 unspecified atom stereocenters. The maximum atomic E-state index is 5.87. The van der Waals surface area contributed by atoms with E-state index in [9.17, 15) is 0 Å². The molecule has 0 radical (unpaired) electrons. The van der Waals surface area contributed by atoms with Crippen molar-refractivity contribution in [3.05, 3.63) is 23.9 Å². The van der Waals surface area contributed by atoms with Crippen LogP contribution in [0.2, 0.25) is 0 Å². The van der Waals surface area contributed by atoms with Crippen molar-refractivity contribution in [3.63, 3.8) is 0 Å². The molecular formula is C12H21N3O. The Hall–Kier alpha value is -1.13. The fourth-order valence-corrected chi connectivity index (χ4v) is 1.65. The minimum atomic E-state index is 0.230. The number of rotatable bonds is 7. The van der Waals surface area contributed by atoms with E-state index in [1.165, 1.54) is 0 Å². The number of methoxy groups -OCH3 is 1. The first kappa shape index (κ1) is 12.9. The first-order valence-electron chi connectivity index (χ1n) is 5.72. The monoisotopic (exact) mass is 223 g/mol. The number of anilines is 1. The van der Waals surface area contributed by atoms with Crippen molar-refractivity contribution in [1.29, 1.82) is 0 Å². The van der Waals surface area contributed by atoms with Crippen molar-refractivity contribution < 1.29 is 4.74 Å². The largest absolute Gasteiger partial charge is 0.385 e. The highest BCUT2D eigenvalue weighted by atomic mass is 16.5. The molecule has 16 heavy (non-hydrogen) atoms. The van der Waals surface area contributed by atoms with Crippen molar-refractivity contribution in [1.82, 2.24) is 10.3 Å². The molecule has 0 aliphatic carbocycles. The first-order valence-corrected chi connectivity index (χ1v) is 5.72. The molecule has 0 fully saturated rings. The van der Waals surface area contributed by atoms with E-state index >= 15 is 0 Å². The van der Waals surface area contributed by atoms with Gasteiger partial charge in [0.15, 0.2) is 0 Å². The highest BCUT2D eigenvalue weighted by molar-refractivity contribution is 5.40. The molecular weight excluding hydrogens is 202 g/mol. The van der Waals surface area contributed by atoms with Crippen LogP contribution in [-0.2, 0) is 4.74 Å². The Morgan fingerprint density at radius 1 is 1.56 bits per heavy atom. The molecule has 4 heteroatoms. The van der Waals surface area contributed by atoms with Crippen LogP contribution in [0.25, 0.3) is 0 Å². The summed E-state index contributed by atoms with van der Waals surface area (Å²) in [6.07, 6.45) is 3.72. The van der Waals surface area contributed by atoms with Crippen molar-refractivity contribution in [2.75, 3.05) is 26.0 Å². The van der Waals surface area contributed by atoms with Crippen LogP contribution in [0.15, 0.2) is 18.3 Å². The Morgan fingerprint density at radius 3 is 3.00 bits per heavy atom. The second kappa shape index (κ2) is 7.19. The molecule has 0 aliphatic heterocycles. The molecule has 0 saturated carbocycles. The second-order valence-electron chi connectivity index (χ2n) is 3.77. The summed E-state index contributed by atoms with van der Waals surface area (Å²) in [4.78, 5) is 4.11. The third-order valence-corrected chi connectivity index (χ3v) is 2.50. The molecule has 90 valence electrons. The summed E-state index contributed by atoms with van der Waals surface area (Å²) in [7, 11) is 1.71. The van der Waals surface area contributed by atoms with Gasteiger partial charge in [-0.1, -0.05) is 13.0 Å². The van der Waals surface area contributed by atoms with Crippen molar-refractivity contribution in [2.45, 2.75) is 25.8 Å². The van der Waals surface area contributed by atoms with Gasteiger partial charge >= 0.3 is 0 Å². The molecule has 4 nitrogen and oxygen atoms in total. The summed E-state index contributed by atoms with van der Waals surface area (Å²) in [5, 5.41) is 3.46. The van der Waals surface area contributed by atoms with E-state index in [1.807, 2.05) is 12.1 Å². The van der Waals surface area contributed by atoms with Crippen LogP contribution < -0.4 is 11.1 Å². The molecule has 1 aromatic heterocycles. The lowest BCUT2D eigenvalue weighted by Gasteiger charge is -2.19. The number of pyridine rings is 1. The maximum Gasteiger partial charge on any atom is 0.128 e. The first-order chi connectivity index (χ1) is 7.79. The van der Waals surface area contributed by atoms with Gasteiger partial charge in [-0.25, -0.2) is 4.98 Å². The van der Waals surface area contributed by atoms with E-state index in [0.29, 0.717) is 5.82 Å². The quantitative estimate of drug-likeness (QED) is 0.739. The maximum absolute atomic E-state index is 5.87. The molecule has 1 rings (SSSR count). The summed E-state index contributed by atoms with van der Waals surface area (Å²) in [5.41, 5.74) is 6.94. The van der Waals surface area contributed by atoms with Crippen LogP contribution in [0.5, 0.6) is 0 Å². The van der Waals surface area contributed by atoms with Gasteiger partial charge in [0.25, 0.3) is 0 Å². The van der Waals surface area contributed by atoms with Gasteiger partial charge in [0.2, 0.25) is 0 Å². The molecule has 0 bridgehead atoms. The van der Waals surface area contributed by atoms with Gasteiger partial charge in [-0.2, -0.15) is 0 Å². The van der Waals surface area contributed by atoms with Gasteiger partial charge in [0.1, 0.15) is 5.82 Å². The van der Waals surface area contributed by atoms with Crippen molar-refractivity contribution >= 4 is 5.82 Å². The molecule has 1 atom stereocenters. The zero-order chi connectivity index (χ0) is 11.8. The third-order valence-electron chi connectivity index (χ3n) is 2.50. The summed E-state index contributed by atoms with van der Waals surface area (Å²) >= 11 is 0. The highest BCUT2D eigenvalue weighted by Gasteiger charge is 2.13. The summed E-state index contributed by atoms with van der Waals surface area (Å²) in [6, 6.07) is 4.17. The van der Waals surface area contributed by atoms with Crippen LogP contribution in [0.3, 0.4) is 0 Å². The number of nitrogens with one attached hydrogen (secondary N) is 1. The number of hydrogen-bond donors (Lipinski definition) is 2. The minimum absolute atomic E-state index is 0.230. The third kappa shape index (κ3) is 3.79. The summed E-state index contributed by atoms with van der Waals surface area (Å²) < 4.78 is 5.11. The lowest BCUT2D eigenvalue weighted by molar-refractivity contribution is 0.183. The van der Waals surface area contributed by atoms with Crippen LogP contribution in [0.4, 0.5) is 5.82 Å². The van der Waals surface area contributed by atoms with Crippen LogP contribution in [0, 0.1) is 0 Å². The van der Waals surface area contributed by atoms with Gasteiger partial charge in [0.05, 0.1) is 0 Å². The molecule has 0 aromatic carbocycles. The second-order valence-corrected chi connectivity index (χ2v) is 3.77. The molecule has 0 saturated heterocycles. The zero-order valence-electron chi connectivity index (χ0n) is 10.1. The Bertz CT molecular complexity index is 296. The normalized spacial score (nSPS) is 12.6. The van der Waals surface area contributed by atoms with Gasteiger partial charge in [-0.05, 0) is 25.5 Å². The Balaban J connectivity index is 2.70. The number of hydrogen-bond acceptors (Lipinski definition) is 4. The van der Waals surface area contributed by atoms with Crippen LogP contribution >= 0.6 is 0 Å². The SMILES string of the molecule is CCCNC(CCOC)c1cccnc1N. The predicted octanol–water partition coefficient (Wildman–Crippen LogP) is 1.74. The van der Waals surface area contributed by atoms with E-state index in [1.54, 1.807) is 13.3 Å². The van der Waals surface area contributed by atoms with E-state index in [0.717, 1.165) is 31.6 Å². The molecule has 0 spiro atoms. The van der Waals surface area contributed by atoms with E-state index in [4.69, 9.17) is 10.5 Å². The molecule has 1 aromatic rings. The van der Waals surface area contributed by atoms with Gasteiger partial charge in [0, 0.05) is 31.5 Å². The summed E-state index contributed by atoms with van der Waals surface area (Å²) in [6.45, 7) is 3.84. The number of aromatic nitrogens is 1. The van der Waals surface area contributed by atoms with E-state index in [2.05, 4.69) is 17.2 Å². The van der Waals surface area contributed by atoms with Crippen LogP contribution in [-0.4, -0.2) is 25.2 Å². The summed E-state index contributed by atoms with van der Waals surface area (Å²) in [5.74, 6) is 0.604. The molecule has 1 heterocycles. The Morgan fingerprint density at radius 2 is 2.38 bits per heavy atom. The van der Waals surface area contributed by atoms with Gasteiger partial charge in [-0.3, -0.25) is 0 Å². The van der Waals surface area contributed by atoms with E-state index in [-0.39, 0.29) is 6.04 Å². The van der Waals surface area contributed by atoms with Gasteiger partial charge < -0.3 is 15.8 Å². The number of ether oxygens (including phenoxy) is 1. The molecule has 0 aliphatic rings. The highest BCUT2D eigenvalue weighted by Crippen LogP contribution is 2.20. The van der Waals surface area contributed by atoms with Crippen LogP contribution in [0.1, 0.15) is 31.4 Å². The Kier molecular flexibility index (Phi) is 5.82. The fourth-order valence-electron chi connectivity index (χ4n) is 1.65. The molecule has 3 N–H and O–H groups in total. The minimum Gasteiger partial charge on any atom is -0.385 e. The van der Waals surface area contributed by atoms with Crippen molar-refractivity contribution in [2.24, 2.45) is 0 Å². The predicted molar refractivity (Wildman–Crippen MR) is 66.2 cm³/mol. The fraction of sp³-hybridized carbons (Fsp3) is 0.583. The zero-order valence-corrected chi connectivity index (χ0v) is 10.1. The number of nitrogens with zero attached hydrogens (tertiary/aromatic N) is 1. The Labute approximate surface area is 97.2 Å². The number of nitrogen functional groups attached to an aromatic ring is 1. The topological polar surface area (TPSA) is 60.2 Å². The average molecular weight is 223 g/mol. The van der Waals surface area contributed by atoms with E-state index < -0.39 is 0 Å². The molecule has 0 amide bonds. The number of nitrogens with two attached hydrogens (primary N) is 1. The van der Waals surface area contributed by atoms with Crippen molar-refractivity contribution in [3.8, 4) is 0 Å². The lowest BCUT2D eigenvalue weighted by atomic mass is 10.0. The standard InChI is InChI=1S/C12H21N3O/c1-3-7-14-11(6-9-16-2)10-5-4-8-15-12(10)13/h4-5,8,11,14H,3,6-7,9H2,1-2H3,(H2,13,15). The lowest BCUT2D eigenvalue weighted by Crippen LogP contribution is -2.24. The van der Waals surface area contributed by atoms with Gasteiger partial charge in [-0.15, -0.1) is 0 Å². The smallest absolute Gasteiger partial charge is 0.128 e.